The van der Waals surface area contributed by atoms with Gasteiger partial charge in [0.25, 0.3) is 11.8 Å². The minimum absolute atomic E-state index is 0.0184. The molecule has 2 aliphatic rings. The molecule has 208 valence electrons. The summed E-state index contributed by atoms with van der Waals surface area (Å²) in [6, 6.07) is 2.24. The molecule has 1 aliphatic carbocycles. The van der Waals surface area contributed by atoms with Crippen molar-refractivity contribution in [3.8, 4) is 10.4 Å². The highest BCUT2D eigenvalue weighted by molar-refractivity contribution is 7.17. The van der Waals surface area contributed by atoms with E-state index in [2.05, 4.69) is 10.3 Å². The summed E-state index contributed by atoms with van der Waals surface area (Å²) in [5, 5.41) is 12.4. The minimum atomic E-state index is -5.01. The molecule has 0 radical (unpaired) electrons. The van der Waals surface area contributed by atoms with Crippen LogP contribution in [0.4, 0.5) is 13.2 Å². The number of carbonyl (C=O) groups is 2. The average Bonchev–Trinajstić information content (AvgIpc) is 3.30. The van der Waals surface area contributed by atoms with Crippen LogP contribution in [0.25, 0.3) is 10.4 Å². The van der Waals surface area contributed by atoms with Gasteiger partial charge in [-0.2, -0.15) is 13.2 Å². The van der Waals surface area contributed by atoms with Crippen LogP contribution in [0.5, 0.6) is 0 Å². The first-order valence-corrected chi connectivity index (χ1v) is 13.8. The van der Waals surface area contributed by atoms with Gasteiger partial charge in [-0.15, -0.1) is 11.3 Å². The summed E-state index contributed by atoms with van der Waals surface area (Å²) >= 11 is 13.6. The normalized spacial score (nSPS) is 20.2. The molecule has 1 saturated carbocycles. The fourth-order valence-corrected chi connectivity index (χ4v) is 6.42. The molecule has 2 unspecified atom stereocenters. The zero-order valence-electron chi connectivity index (χ0n) is 21.0. The number of hydrogen-bond donors (Lipinski definition) is 2. The Morgan fingerprint density at radius 3 is 2.42 bits per heavy atom. The highest BCUT2D eigenvalue weighted by atomic mass is 35.5. The molecular weight excluding hydrogens is 566 g/mol. The Kier molecular flexibility index (Phi) is 8.09. The van der Waals surface area contributed by atoms with Crippen LogP contribution < -0.4 is 5.32 Å². The van der Waals surface area contributed by atoms with E-state index in [1.165, 1.54) is 11.0 Å². The number of halogens is 5. The summed E-state index contributed by atoms with van der Waals surface area (Å²) in [6.45, 7) is 6.21. The lowest BCUT2D eigenvalue weighted by atomic mass is 9.94. The smallest absolute Gasteiger partial charge is 0.381 e. The third-order valence-corrected chi connectivity index (χ3v) is 9.43. The predicted octanol–water partition coefficient (Wildman–Crippen LogP) is 5.67. The van der Waals surface area contributed by atoms with Crippen molar-refractivity contribution in [3.05, 3.63) is 38.4 Å². The van der Waals surface area contributed by atoms with Gasteiger partial charge < -0.3 is 20.1 Å². The molecule has 38 heavy (non-hydrogen) atoms. The third-order valence-electron chi connectivity index (χ3n) is 7.46. The number of rotatable bonds is 7. The van der Waals surface area contributed by atoms with Gasteiger partial charge in [0, 0.05) is 43.5 Å². The molecule has 1 aliphatic heterocycles. The van der Waals surface area contributed by atoms with Crippen LogP contribution in [0.1, 0.15) is 65.9 Å². The van der Waals surface area contributed by atoms with E-state index in [1.807, 2.05) is 0 Å². The topological polar surface area (TPSA) is 91.8 Å². The Bertz CT molecular complexity index is 1240. The van der Waals surface area contributed by atoms with Crippen molar-refractivity contribution < 1.29 is 32.6 Å². The van der Waals surface area contributed by atoms with E-state index in [0.29, 0.717) is 33.2 Å². The quantitative estimate of drug-likeness (QED) is 0.432. The van der Waals surface area contributed by atoms with Gasteiger partial charge in [0.2, 0.25) is 0 Å². The van der Waals surface area contributed by atoms with Crippen LogP contribution in [-0.4, -0.2) is 65.3 Å². The van der Waals surface area contributed by atoms with Crippen molar-refractivity contribution in [1.82, 2.24) is 15.2 Å². The van der Waals surface area contributed by atoms with Crippen molar-refractivity contribution in [3.63, 3.8) is 0 Å². The lowest BCUT2D eigenvalue weighted by Gasteiger charge is -2.28. The molecule has 2 N–H and O–H groups in total. The molecule has 7 nitrogen and oxygen atoms in total. The number of alkyl halides is 3. The van der Waals surface area contributed by atoms with E-state index in [-0.39, 0.29) is 37.6 Å². The molecule has 2 heterocycles. The molecule has 2 amide bonds. The molecular formula is C25H28Cl2F3N3O4S. The Balaban J connectivity index is 1.73. The van der Waals surface area contributed by atoms with Gasteiger partial charge in [-0.25, -0.2) is 4.98 Å². The van der Waals surface area contributed by atoms with Gasteiger partial charge >= 0.3 is 6.18 Å². The summed E-state index contributed by atoms with van der Waals surface area (Å²) in [5.74, 6) is -0.895. The molecule has 1 saturated heterocycles. The second kappa shape index (κ2) is 10.6. The Morgan fingerprint density at radius 2 is 1.84 bits per heavy atom. The van der Waals surface area contributed by atoms with Crippen molar-refractivity contribution in [2.45, 2.75) is 57.9 Å². The van der Waals surface area contributed by atoms with Crippen LogP contribution in [0.15, 0.2) is 12.1 Å². The number of ether oxygens (including phenoxy) is 1. The van der Waals surface area contributed by atoms with Crippen molar-refractivity contribution in [1.29, 1.82) is 0 Å². The summed E-state index contributed by atoms with van der Waals surface area (Å²) in [7, 11) is 0. The number of nitrogens with one attached hydrogen (secondary N) is 1. The van der Waals surface area contributed by atoms with E-state index in [1.54, 1.807) is 13.8 Å². The van der Waals surface area contributed by atoms with E-state index >= 15 is 0 Å². The second-order valence-corrected chi connectivity index (χ2v) is 11.5. The van der Waals surface area contributed by atoms with E-state index < -0.39 is 34.2 Å². The maximum Gasteiger partial charge on any atom is 0.421 e. The van der Waals surface area contributed by atoms with Gasteiger partial charge in [-0.3, -0.25) is 9.59 Å². The maximum absolute atomic E-state index is 13.5. The van der Waals surface area contributed by atoms with E-state index in [0.717, 1.165) is 36.7 Å². The Labute approximate surface area is 232 Å². The van der Waals surface area contributed by atoms with Gasteiger partial charge in [0.15, 0.2) is 10.6 Å². The van der Waals surface area contributed by atoms with Gasteiger partial charge in [-0.1, -0.05) is 35.3 Å². The van der Waals surface area contributed by atoms with E-state index in [4.69, 9.17) is 27.9 Å². The number of hydrogen-bond acceptors (Lipinski definition) is 6. The summed E-state index contributed by atoms with van der Waals surface area (Å²) < 4.78 is 45.8. The van der Waals surface area contributed by atoms with Gasteiger partial charge in [0.05, 0.1) is 14.9 Å². The standard InChI is InChI=1S/C25H28Cl2F3N3O4S/c1-4-33(5-2)22(35)18-19(13-6-7-14(17(27)16(13)26)23(3,36)25(28,29)30)38-21(32-18)20(34)31-15-12-24(15)8-10-37-11-9-24/h6-7,15,36H,4-5,8-12H2,1-3H3,(H,31,34). The first-order chi connectivity index (χ1) is 17.8. The molecule has 13 heteroatoms. The highest BCUT2D eigenvalue weighted by Crippen LogP contribution is 2.53. The molecule has 1 aromatic carbocycles. The number of thiazole rings is 1. The first kappa shape index (κ1) is 29.1. The van der Waals surface area contributed by atoms with Crippen LogP contribution in [0.3, 0.4) is 0 Å². The number of nitrogens with zero attached hydrogens (tertiary/aromatic N) is 2. The van der Waals surface area contributed by atoms with Crippen molar-refractivity contribution in [2.24, 2.45) is 5.41 Å². The lowest BCUT2D eigenvalue weighted by molar-refractivity contribution is -0.258. The fraction of sp³-hybridized carbons (Fsp3) is 0.560. The van der Waals surface area contributed by atoms with Crippen LogP contribution >= 0.6 is 34.5 Å². The van der Waals surface area contributed by atoms with Gasteiger partial charge in [0.1, 0.15) is 5.69 Å². The van der Waals surface area contributed by atoms with Crippen LogP contribution in [0, 0.1) is 5.41 Å². The number of carbonyl (C=O) groups excluding carboxylic acids is 2. The van der Waals surface area contributed by atoms with E-state index in [9.17, 15) is 27.9 Å². The van der Waals surface area contributed by atoms with Crippen LogP contribution in [0.2, 0.25) is 10.0 Å². The molecule has 2 atom stereocenters. The molecule has 4 rings (SSSR count). The highest BCUT2D eigenvalue weighted by Gasteiger charge is 2.55. The predicted molar refractivity (Wildman–Crippen MR) is 139 cm³/mol. The Morgan fingerprint density at radius 1 is 1.21 bits per heavy atom. The number of aliphatic hydroxyl groups is 1. The Hall–Kier alpha value is -1.92. The third kappa shape index (κ3) is 5.15. The molecule has 2 aromatic rings. The summed E-state index contributed by atoms with van der Waals surface area (Å²) in [4.78, 5) is 32.6. The van der Waals surface area contributed by atoms with Crippen molar-refractivity contribution >= 4 is 46.4 Å². The summed E-state index contributed by atoms with van der Waals surface area (Å²) in [6.07, 6.45) is -2.46. The molecule has 1 spiro atoms. The number of amides is 2. The SMILES string of the molecule is CCN(CC)C(=O)c1nc(C(=O)NC2CC23CCOCC3)sc1-c1ccc(C(C)(O)C(F)(F)F)c(Cl)c1Cl. The van der Waals surface area contributed by atoms with Crippen LogP contribution in [-0.2, 0) is 10.3 Å². The van der Waals surface area contributed by atoms with Crippen molar-refractivity contribution in [2.75, 3.05) is 26.3 Å². The lowest BCUT2D eigenvalue weighted by Crippen LogP contribution is -2.39. The first-order valence-electron chi connectivity index (χ1n) is 12.2. The maximum atomic E-state index is 13.5. The van der Waals surface area contributed by atoms with Gasteiger partial charge in [-0.05, 0) is 45.4 Å². The minimum Gasteiger partial charge on any atom is -0.381 e. The molecule has 1 aromatic heterocycles. The zero-order valence-corrected chi connectivity index (χ0v) is 23.4. The second-order valence-electron chi connectivity index (χ2n) is 9.74. The number of benzene rings is 1. The monoisotopic (exact) mass is 593 g/mol. The summed E-state index contributed by atoms with van der Waals surface area (Å²) in [5.41, 5.74) is -3.77. The average molecular weight is 594 g/mol. The molecule has 0 bridgehead atoms. The number of aromatic nitrogens is 1. The largest absolute Gasteiger partial charge is 0.421 e. The zero-order chi connectivity index (χ0) is 28.0. The fourth-order valence-electron chi connectivity index (χ4n) is 4.76. The molecule has 2 fully saturated rings.